The number of aromatic nitrogens is 4. The summed E-state index contributed by atoms with van der Waals surface area (Å²) in [5.74, 6) is -0.340. The summed E-state index contributed by atoms with van der Waals surface area (Å²) in [5, 5.41) is 11.6. The van der Waals surface area contributed by atoms with Gasteiger partial charge in [-0.2, -0.15) is 18.3 Å². The first-order chi connectivity index (χ1) is 22.7. The van der Waals surface area contributed by atoms with Gasteiger partial charge in [-0.15, -0.1) is 0 Å². The number of halogens is 3. The van der Waals surface area contributed by atoms with Gasteiger partial charge in [0.15, 0.2) is 0 Å². The zero-order chi connectivity index (χ0) is 33.0. The molecule has 9 nitrogen and oxygen atoms in total. The summed E-state index contributed by atoms with van der Waals surface area (Å²) < 4.78 is 41.4. The van der Waals surface area contributed by atoms with Crippen LogP contribution in [0.4, 0.5) is 24.8 Å². The van der Waals surface area contributed by atoms with E-state index in [1.54, 1.807) is 24.3 Å². The Morgan fingerprint density at radius 1 is 1.00 bits per heavy atom. The van der Waals surface area contributed by atoms with Crippen LogP contribution in [-0.2, 0) is 17.4 Å². The van der Waals surface area contributed by atoms with Gasteiger partial charge in [-0.1, -0.05) is 37.1 Å². The number of nitrogen functional groups attached to an aromatic ring is 1. The zero-order valence-corrected chi connectivity index (χ0v) is 26.0. The van der Waals surface area contributed by atoms with E-state index in [1.807, 2.05) is 6.20 Å². The number of pyridine rings is 2. The highest BCUT2D eigenvalue weighted by atomic mass is 19.4. The Morgan fingerprint density at radius 2 is 1.81 bits per heavy atom. The molecule has 2 aliphatic rings. The van der Waals surface area contributed by atoms with Gasteiger partial charge in [0.25, 0.3) is 5.91 Å². The predicted molar refractivity (Wildman–Crippen MR) is 175 cm³/mol. The van der Waals surface area contributed by atoms with E-state index < -0.39 is 17.6 Å². The number of carbonyl (C=O) groups excluding carboxylic acids is 2. The molecule has 2 amide bonds. The van der Waals surface area contributed by atoms with Crippen molar-refractivity contribution in [2.45, 2.75) is 88.9 Å². The zero-order valence-electron chi connectivity index (χ0n) is 26.0. The molecule has 2 bridgehead atoms. The summed E-state index contributed by atoms with van der Waals surface area (Å²) in [5.41, 5.74) is 9.14. The SMILES string of the molecule is Nc1ncc2c3c1c(-c1ccc(C(=O)Nc4cc(C(F)(F)F)ccn4)cc1)nn3[C@@H]1CCC[C@H](C1)NC(=O)CCCCCC/C=C\C2. The summed E-state index contributed by atoms with van der Waals surface area (Å²) in [6.07, 6.45) is 12.5. The molecule has 4 aromatic rings. The third-order valence-electron chi connectivity index (χ3n) is 8.97. The fraction of sp³-hybridized carbons (Fsp3) is 0.400. The van der Waals surface area contributed by atoms with Crippen LogP contribution in [0, 0.1) is 0 Å². The Balaban J connectivity index is 1.34. The summed E-state index contributed by atoms with van der Waals surface area (Å²) in [6, 6.07) is 8.42. The smallest absolute Gasteiger partial charge is 0.383 e. The molecule has 4 heterocycles. The van der Waals surface area contributed by atoms with E-state index in [0.29, 0.717) is 29.9 Å². The second-order valence-corrected chi connectivity index (χ2v) is 12.4. The molecule has 1 fully saturated rings. The highest BCUT2D eigenvalue weighted by Crippen LogP contribution is 2.39. The van der Waals surface area contributed by atoms with Crippen LogP contribution in [0.5, 0.6) is 0 Å². The molecule has 0 unspecified atom stereocenters. The van der Waals surface area contributed by atoms with E-state index in [-0.39, 0.29) is 29.4 Å². The molecule has 1 saturated carbocycles. The number of amides is 2. The molecule has 4 N–H and O–H groups in total. The topological polar surface area (TPSA) is 128 Å². The maximum atomic E-state index is 13.1. The third-order valence-corrected chi connectivity index (χ3v) is 8.97. The van der Waals surface area contributed by atoms with Gasteiger partial charge in [0.1, 0.15) is 17.3 Å². The van der Waals surface area contributed by atoms with Crippen LogP contribution in [-0.4, -0.2) is 37.6 Å². The minimum atomic E-state index is -4.55. The molecule has 0 saturated heterocycles. The van der Waals surface area contributed by atoms with E-state index in [1.165, 1.54) is 0 Å². The van der Waals surface area contributed by atoms with Crippen molar-refractivity contribution >= 4 is 34.4 Å². The first-order valence-corrected chi connectivity index (χ1v) is 16.2. The van der Waals surface area contributed by atoms with Crippen molar-refractivity contribution in [1.29, 1.82) is 0 Å². The Labute approximate surface area is 270 Å². The number of carbonyl (C=O) groups is 2. The lowest BCUT2D eigenvalue weighted by Crippen LogP contribution is -2.39. The molecule has 1 aromatic carbocycles. The number of benzene rings is 1. The lowest BCUT2D eigenvalue weighted by molar-refractivity contribution is -0.137. The van der Waals surface area contributed by atoms with E-state index in [0.717, 1.165) is 92.6 Å². The number of fused-ring (bicyclic) bond motifs is 3. The van der Waals surface area contributed by atoms with Crippen LogP contribution in [0.3, 0.4) is 0 Å². The third kappa shape index (κ3) is 7.47. The lowest BCUT2D eigenvalue weighted by Gasteiger charge is -2.30. The van der Waals surface area contributed by atoms with Gasteiger partial charge in [-0.25, -0.2) is 9.97 Å². The maximum Gasteiger partial charge on any atom is 0.416 e. The minimum Gasteiger partial charge on any atom is -0.383 e. The first-order valence-electron chi connectivity index (χ1n) is 16.2. The quantitative estimate of drug-likeness (QED) is 0.199. The molecular weight excluding hydrogens is 607 g/mol. The average Bonchev–Trinajstić information content (AvgIpc) is 3.46. The van der Waals surface area contributed by atoms with E-state index in [9.17, 15) is 22.8 Å². The van der Waals surface area contributed by atoms with Gasteiger partial charge in [0.2, 0.25) is 5.91 Å². The number of alkyl halides is 3. The first kappa shape index (κ1) is 32.2. The van der Waals surface area contributed by atoms with Gasteiger partial charge in [-0.05, 0) is 75.6 Å². The number of nitrogens with zero attached hydrogens (tertiary/aromatic N) is 4. The van der Waals surface area contributed by atoms with Crippen LogP contribution in [0.1, 0.15) is 91.7 Å². The van der Waals surface area contributed by atoms with Crippen molar-refractivity contribution in [2.24, 2.45) is 0 Å². The van der Waals surface area contributed by atoms with Crippen molar-refractivity contribution in [3.05, 3.63) is 77.6 Å². The Morgan fingerprint density at radius 3 is 2.62 bits per heavy atom. The second kappa shape index (κ2) is 13.9. The molecule has 2 atom stereocenters. The number of nitrogens with two attached hydrogens (primary N) is 1. The average molecular weight is 646 g/mol. The van der Waals surface area contributed by atoms with Crippen LogP contribution >= 0.6 is 0 Å². The largest absolute Gasteiger partial charge is 0.416 e. The predicted octanol–water partition coefficient (Wildman–Crippen LogP) is 7.40. The van der Waals surface area contributed by atoms with Crippen molar-refractivity contribution in [3.8, 4) is 11.3 Å². The van der Waals surface area contributed by atoms with Crippen LogP contribution in [0.15, 0.2) is 60.9 Å². The number of anilines is 2. The summed E-state index contributed by atoms with van der Waals surface area (Å²) >= 11 is 0. The number of allylic oxidation sites excluding steroid dienone is 2. The van der Waals surface area contributed by atoms with Crippen molar-refractivity contribution < 1.29 is 22.8 Å². The summed E-state index contributed by atoms with van der Waals surface area (Å²) in [6.45, 7) is 0. The number of rotatable bonds is 3. The molecule has 1 aliphatic carbocycles. The monoisotopic (exact) mass is 645 g/mol. The van der Waals surface area contributed by atoms with Crippen molar-refractivity contribution in [3.63, 3.8) is 0 Å². The number of hydrogen-bond donors (Lipinski definition) is 3. The highest BCUT2D eigenvalue weighted by Gasteiger charge is 2.31. The molecule has 0 radical (unpaired) electrons. The second-order valence-electron chi connectivity index (χ2n) is 12.4. The van der Waals surface area contributed by atoms with E-state index >= 15 is 0 Å². The normalized spacial score (nSPS) is 20.3. The highest BCUT2D eigenvalue weighted by molar-refractivity contribution is 6.05. The van der Waals surface area contributed by atoms with Gasteiger partial charge in [0, 0.05) is 41.5 Å². The molecule has 6 rings (SSSR count). The summed E-state index contributed by atoms with van der Waals surface area (Å²) in [7, 11) is 0. The van der Waals surface area contributed by atoms with Gasteiger partial charge in [0.05, 0.1) is 22.5 Å². The minimum absolute atomic E-state index is 0.0375. The lowest BCUT2D eigenvalue weighted by atomic mass is 9.90. The maximum absolute atomic E-state index is 13.1. The Kier molecular flexibility index (Phi) is 9.55. The molecule has 246 valence electrons. The molecule has 0 spiro atoms. The molecule has 3 aromatic heterocycles. The van der Waals surface area contributed by atoms with E-state index in [4.69, 9.17) is 10.8 Å². The number of nitrogens with one attached hydrogen (secondary N) is 2. The Hall–Kier alpha value is -4.74. The van der Waals surface area contributed by atoms with Gasteiger partial charge >= 0.3 is 6.18 Å². The summed E-state index contributed by atoms with van der Waals surface area (Å²) in [4.78, 5) is 34.1. The van der Waals surface area contributed by atoms with Gasteiger partial charge < -0.3 is 16.4 Å². The molecule has 1 aliphatic heterocycles. The van der Waals surface area contributed by atoms with Crippen LogP contribution < -0.4 is 16.4 Å². The fourth-order valence-electron chi connectivity index (χ4n) is 6.56. The standard InChI is InChI=1S/C35H38F3N7O2/c36-35(37,38)25-17-18-40-28(19-25)43-34(47)23-15-13-22(14-16-23)31-30-32-24(21-41-33(30)39)9-6-4-2-1-3-5-7-12-29(46)42-26-10-8-11-27(20-26)45(32)44-31/h4,6,13-19,21,26-27H,1-3,5,7-12,20H2,(H2,39,41)(H,42,46)(H,40,43,47)/b6-4-/t26-,27-/m1/s1. The molecule has 12 heteroatoms. The molecule has 47 heavy (non-hydrogen) atoms. The Bertz CT molecular complexity index is 1780. The van der Waals surface area contributed by atoms with Gasteiger partial charge in [-0.3, -0.25) is 14.3 Å². The van der Waals surface area contributed by atoms with Crippen molar-refractivity contribution in [1.82, 2.24) is 25.1 Å². The fourth-order valence-corrected chi connectivity index (χ4v) is 6.56. The number of hydrogen-bond acceptors (Lipinski definition) is 6. The van der Waals surface area contributed by atoms with Crippen molar-refractivity contribution in [2.75, 3.05) is 11.1 Å². The van der Waals surface area contributed by atoms with Crippen LogP contribution in [0.2, 0.25) is 0 Å². The van der Waals surface area contributed by atoms with E-state index in [2.05, 4.69) is 37.4 Å². The molecular formula is C35H38F3N7O2. The van der Waals surface area contributed by atoms with Crippen LogP contribution in [0.25, 0.3) is 22.2 Å².